The van der Waals surface area contributed by atoms with Crippen molar-refractivity contribution in [1.82, 2.24) is 5.32 Å². The summed E-state index contributed by atoms with van der Waals surface area (Å²) >= 11 is 11.7. The maximum atomic E-state index is 11.9. The van der Waals surface area contributed by atoms with Gasteiger partial charge in [0.05, 0.1) is 12.6 Å². The third kappa shape index (κ3) is 4.19. The fourth-order valence-electron chi connectivity index (χ4n) is 1.33. The third-order valence-electron chi connectivity index (χ3n) is 2.32. The monoisotopic (exact) mass is 275 g/mol. The molecule has 0 saturated heterocycles. The van der Waals surface area contributed by atoms with E-state index in [1.165, 1.54) is 0 Å². The molecule has 0 aliphatic rings. The summed E-state index contributed by atoms with van der Waals surface area (Å²) in [4.78, 5) is 11.9. The van der Waals surface area contributed by atoms with Crippen molar-refractivity contribution in [3.63, 3.8) is 0 Å². The molecule has 0 aliphatic carbocycles. The number of carbonyl (C=O) groups is 1. The first-order chi connectivity index (χ1) is 8.08. The lowest BCUT2D eigenvalue weighted by Crippen LogP contribution is -2.39. The van der Waals surface area contributed by atoms with Gasteiger partial charge in [-0.3, -0.25) is 4.79 Å². The van der Waals surface area contributed by atoms with Crippen LogP contribution in [-0.2, 0) is 4.74 Å². The Morgan fingerprint density at radius 3 is 2.76 bits per heavy atom. The maximum Gasteiger partial charge on any atom is 0.251 e. The molecular formula is C12H15Cl2NO2. The van der Waals surface area contributed by atoms with Gasteiger partial charge in [0.15, 0.2) is 0 Å². The second-order valence-corrected chi connectivity index (χ2v) is 4.46. The molecule has 1 aromatic rings. The van der Waals surface area contributed by atoms with Crippen LogP contribution in [0.2, 0.25) is 5.02 Å². The van der Waals surface area contributed by atoms with E-state index in [9.17, 15) is 4.79 Å². The molecule has 0 heterocycles. The Morgan fingerprint density at radius 1 is 1.53 bits per heavy atom. The second kappa shape index (κ2) is 6.84. The number of hydrogen-bond donors (Lipinski definition) is 1. The van der Waals surface area contributed by atoms with Crippen LogP contribution in [0.1, 0.15) is 15.9 Å². The van der Waals surface area contributed by atoms with Gasteiger partial charge in [-0.2, -0.15) is 0 Å². The zero-order chi connectivity index (χ0) is 12.8. The molecule has 17 heavy (non-hydrogen) atoms. The molecule has 0 radical (unpaired) electrons. The summed E-state index contributed by atoms with van der Waals surface area (Å²) in [6, 6.07) is 4.98. The van der Waals surface area contributed by atoms with Crippen molar-refractivity contribution in [2.75, 3.05) is 19.6 Å². The zero-order valence-electron chi connectivity index (χ0n) is 9.80. The zero-order valence-corrected chi connectivity index (χ0v) is 11.3. The highest BCUT2D eigenvalue weighted by Gasteiger charge is 2.13. The largest absolute Gasteiger partial charge is 0.383 e. The predicted molar refractivity (Wildman–Crippen MR) is 70.0 cm³/mol. The lowest BCUT2D eigenvalue weighted by molar-refractivity contribution is 0.0907. The number of nitrogens with one attached hydrogen (secondary N) is 1. The molecule has 0 spiro atoms. The average Bonchev–Trinajstić information content (AvgIpc) is 2.31. The summed E-state index contributed by atoms with van der Waals surface area (Å²) in [5.41, 5.74) is 1.46. The molecule has 94 valence electrons. The molecule has 0 saturated carbocycles. The number of amides is 1. The number of aryl methyl sites for hydroxylation is 1. The van der Waals surface area contributed by atoms with Crippen molar-refractivity contribution in [1.29, 1.82) is 0 Å². The van der Waals surface area contributed by atoms with Crippen molar-refractivity contribution < 1.29 is 9.53 Å². The van der Waals surface area contributed by atoms with Gasteiger partial charge in [0.1, 0.15) is 0 Å². The van der Waals surface area contributed by atoms with Crippen LogP contribution >= 0.6 is 23.2 Å². The smallest absolute Gasteiger partial charge is 0.251 e. The maximum absolute atomic E-state index is 11.9. The van der Waals surface area contributed by atoms with E-state index in [1.807, 2.05) is 13.0 Å². The van der Waals surface area contributed by atoms with Crippen LogP contribution in [0.15, 0.2) is 18.2 Å². The number of methoxy groups -OCH3 is 1. The van der Waals surface area contributed by atoms with Crippen LogP contribution in [0.25, 0.3) is 0 Å². The minimum absolute atomic E-state index is 0.199. The molecule has 5 heteroatoms. The Balaban J connectivity index is 2.72. The lowest BCUT2D eigenvalue weighted by atomic mass is 10.1. The summed E-state index contributed by atoms with van der Waals surface area (Å²) in [6.07, 6.45) is 0. The van der Waals surface area contributed by atoms with E-state index in [1.54, 1.807) is 19.2 Å². The Bertz CT molecular complexity index is 396. The van der Waals surface area contributed by atoms with Crippen LogP contribution in [0, 0.1) is 6.92 Å². The van der Waals surface area contributed by atoms with Crippen molar-refractivity contribution >= 4 is 29.1 Å². The molecular weight excluding hydrogens is 261 g/mol. The standard InChI is InChI=1S/C12H15Cl2NO2/c1-8-3-4-9(5-11(8)14)12(16)15-10(6-13)7-17-2/h3-5,10H,6-7H2,1-2H3,(H,15,16). The summed E-state index contributed by atoms with van der Waals surface area (Å²) in [6.45, 7) is 2.27. The van der Waals surface area contributed by atoms with E-state index in [0.717, 1.165) is 5.56 Å². The van der Waals surface area contributed by atoms with E-state index >= 15 is 0 Å². The Hall–Kier alpha value is -0.770. The minimum Gasteiger partial charge on any atom is -0.383 e. The number of hydrogen-bond acceptors (Lipinski definition) is 2. The molecule has 1 amide bonds. The summed E-state index contributed by atoms with van der Waals surface area (Å²) in [5, 5.41) is 3.35. The molecule has 1 N–H and O–H groups in total. The highest BCUT2D eigenvalue weighted by molar-refractivity contribution is 6.31. The first-order valence-corrected chi connectivity index (χ1v) is 6.11. The summed E-state index contributed by atoms with van der Waals surface area (Å²) in [7, 11) is 1.56. The predicted octanol–water partition coefficient (Wildman–Crippen LogP) is 2.63. The topological polar surface area (TPSA) is 38.3 Å². The molecule has 0 aliphatic heterocycles. The van der Waals surface area contributed by atoms with E-state index < -0.39 is 0 Å². The van der Waals surface area contributed by atoms with Crippen LogP contribution in [0.3, 0.4) is 0 Å². The number of benzene rings is 1. The Kier molecular flexibility index (Phi) is 5.75. The lowest BCUT2D eigenvalue weighted by Gasteiger charge is -2.15. The van der Waals surface area contributed by atoms with E-state index in [0.29, 0.717) is 23.1 Å². The first-order valence-electron chi connectivity index (χ1n) is 5.20. The fourth-order valence-corrected chi connectivity index (χ4v) is 1.68. The minimum atomic E-state index is -0.200. The molecule has 3 nitrogen and oxygen atoms in total. The molecule has 0 fully saturated rings. The normalized spacial score (nSPS) is 12.2. The highest BCUT2D eigenvalue weighted by Crippen LogP contribution is 2.16. The number of alkyl halides is 1. The van der Waals surface area contributed by atoms with Gasteiger partial charge in [-0.25, -0.2) is 0 Å². The number of rotatable bonds is 5. The van der Waals surface area contributed by atoms with Crippen molar-refractivity contribution in [3.05, 3.63) is 34.3 Å². The molecule has 1 aromatic carbocycles. The van der Waals surface area contributed by atoms with Crippen LogP contribution in [0.4, 0.5) is 0 Å². The average molecular weight is 276 g/mol. The third-order valence-corrected chi connectivity index (χ3v) is 3.10. The van der Waals surface area contributed by atoms with Crippen LogP contribution in [-0.4, -0.2) is 31.5 Å². The van der Waals surface area contributed by atoms with Crippen molar-refractivity contribution in [2.45, 2.75) is 13.0 Å². The molecule has 1 unspecified atom stereocenters. The van der Waals surface area contributed by atoms with Crippen molar-refractivity contribution in [3.8, 4) is 0 Å². The second-order valence-electron chi connectivity index (χ2n) is 3.74. The van der Waals surface area contributed by atoms with Gasteiger partial charge in [-0.05, 0) is 24.6 Å². The van der Waals surface area contributed by atoms with Gasteiger partial charge in [0.25, 0.3) is 5.91 Å². The van der Waals surface area contributed by atoms with E-state index in [2.05, 4.69) is 5.32 Å². The summed E-state index contributed by atoms with van der Waals surface area (Å²) < 4.78 is 4.95. The Morgan fingerprint density at radius 2 is 2.24 bits per heavy atom. The van der Waals surface area contributed by atoms with Crippen LogP contribution in [0.5, 0.6) is 0 Å². The Labute approximate surface area is 111 Å². The quantitative estimate of drug-likeness (QED) is 0.839. The van der Waals surface area contributed by atoms with Crippen LogP contribution < -0.4 is 5.32 Å². The molecule has 1 atom stereocenters. The molecule has 0 bridgehead atoms. The van der Waals surface area contributed by atoms with Gasteiger partial charge < -0.3 is 10.1 Å². The number of halogens is 2. The first kappa shape index (κ1) is 14.3. The highest BCUT2D eigenvalue weighted by atomic mass is 35.5. The van der Waals surface area contributed by atoms with E-state index in [-0.39, 0.29) is 11.9 Å². The SMILES string of the molecule is COCC(CCl)NC(=O)c1ccc(C)c(Cl)c1. The van der Waals surface area contributed by atoms with Gasteiger partial charge in [-0.1, -0.05) is 17.7 Å². The number of ether oxygens (including phenoxy) is 1. The van der Waals surface area contributed by atoms with E-state index in [4.69, 9.17) is 27.9 Å². The molecule has 0 aromatic heterocycles. The van der Waals surface area contributed by atoms with Gasteiger partial charge in [-0.15, -0.1) is 11.6 Å². The summed E-state index contributed by atoms with van der Waals surface area (Å²) in [5.74, 6) is 0.105. The number of carbonyl (C=O) groups excluding carboxylic acids is 1. The fraction of sp³-hybridized carbons (Fsp3) is 0.417. The van der Waals surface area contributed by atoms with Gasteiger partial charge >= 0.3 is 0 Å². The van der Waals surface area contributed by atoms with Gasteiger partial charge in [0.2, 0.25) is 0 Å². The van der Waals surface area contributed by atoms with Gasteiger partial charge in [0, 0.05) is 23.6 Å². The molecule has 1 rings (SSSR count). The van der Waals surface area contributed by atoms with Crippen molar-refractivity contribution in [2.24, 2.45) is 0 Å².